The van der Waals surface area contributed by atoms with Gasteiger partial charge in [-0.1, -0.05) is 12.1 Å². The summed E-state index contributed by atoms with van der Waals surface area (Å²) in [5.74, 6) is 1.01. The summed E-state index contributed by atoms with van der Waals surface area (Å²) < 4.78 is 23.4. The molecule has 5 nitrogen and oxygen atoms in total. The molecule has 6 heteroatoms. The maximum absolute atomic E-state index is 12.8. The lowest BCUT2D eigenvalue weighted by molar-refractivity contribution is 0.195. The van der Waals surface area contributed by atoms with Gasteiger partial charge in [0.1, 0.15) is 23.9 Å². The second kappa shape index (κ2) is 8.76. The molecule has 0 aliphatic carbocycles. The van der Waals surface area contributed by atoms with Crippen LogP contribution in [0.2, 0.25) is 0 Å². The fourth-order valence-electron chi connectivity index (χ4n) is 2.03. The predicted octanol–water partition coefficient (Wildman–Crippen LogP) is 3.05. The minimum Gasteiger partial charge on any atom is -0.497 e. The van der Waals surface area contributed by atoms with E-state index < -0.39 is 0 Å². The quantitative estimate of drug-likeness (QED) is 0.848. The van der Waals surface area contributed by atoms with E-state index in [1.807, 2.05) is 24.3 Å². The second-order valence-corrected chi connectivity index (χ2v) is 5.23. The number of methoxy groups -OCH3 is 1. The van der Waals surface area contributed by atoms with Gasteiger partial charge in [-0.05, 0) is 42.0 Å². The van der Waals surface area contributed by atoms with E-state index in [4.69, 9.17) is 9.47 Å². The molecular weight excluding hydrogens is 311 g/mol. The van der Waals surface area contributed by atoms with Crippen LogP contribution in [0.4, 0.5) is 9.18 Å². The highest BCUT2D eigenvalue weighted by atomic mass is 19.1. The van der Waals surface area contributed by atoms with Gasteiger partial charge in [0.2, 0.25) is 0 Å². The topological polar surface area (TPSA) is 50.8 Å². The van der Waals surface area contributed by atoms with Gasteiger partial charge in [0.05, 0.1) is 13.7 Å². The zero-order chi connectivity index (χ0) is 17.4. The first-order chi connectivity index (χ1) is 11.6. The summed E-state index contributed by atoms with van der Waals surface area (Å²) in [5, 5.41) is 2.83. The molecule has 2 aromatic rings. The first kappa shape index (κ1) is 17.6. The van der Waals surface area contributed by atoms with Gasteiger partial charge < -0.3 is 19.7 Å². The SMILES string of the molecule is COc1cccc(CNC(=O)N(C)CCOc2ccc(F)cc2)c1. The molecule has 2 aromatic carbocycles. The van der Waals surface area contributed by atoms with Crippen LogP contribution in [-0.4, -0.2) is 38.2 Å². The number of hydrogen-bond donors (Lipinski definition) is 1. The fraction of sp³-hybridized carbons (Fsp3) is 0.278. The van der Waals surface area contributed by atoms with Crippen molar-refractivity contribution in [3.63, 3.8) is 0 Å². The highest BCUT2D eigenvalue weighted by Gasteiger charge is 2.08. The fourth-order valence-corrected chi connectivity index (χ4v) is 2.03. The molecule has 0 radical (unpaired) electrons. The van der Waals surface area contributed by atoms with E-state index in [1.54, 1.807) is 26.3 Å². The molecule has 1 N–H and O–H groups in total. The van der Waals surface area contributed by atoms with Gasteiger partial charge >= 0.3 is 6.03 Å². The smallest absolute Gasteiger partial charge is 0.317 e. The Bertz CT molecular complexity index is 662. The summed E-state index contributed by atoms with van der Waals surface area (Å²) in [4.78, 5) is 13.6. The van der Waals surface area contributed by atoms with E-state index in [2.05, 4.69) is 5.32 Å². The Morgan fingerprint density at radius 3 is 2.62 bits per heavy atom. The first-order valence-electron chi connectivity index (χ1n) is 7.59. The van der Waals surface area contributed by atoms with Crippen molar-refractivity contribution < 1.29 is 18.7 Å². The summed E-state index contributed by atoms with van der Waals surface area (Å²) in [5.41, 5.74) is 0.957. The van der Waals surface area contributed by atoms with E-state index in [0.717, 1.165) is 11.3 Å². The van der Waals surface area contributed by atoms with Crippen LogP contribution in [0.3, 0.4) is 0 Å². The summed E-state index contributed by atoms with van der Waals surface area (Å²) in [6, 6.07) is 13.1. The van der Waals surface area contributed by atoms with Crippen molar-refractivity contribution in [1.82, 2.24) is 10.2 Å². The van der Waals surface area contributed by atoms with E-state index >= 15 is 0 Å². The number of benzene rings is 2. The average molecular weight is 332 g/mol. The third-order valence-corrected chi connectivity index (χ3v) is 3.43. The van der Waals surface area contributed by atoms with Gasteiger partial charge in [-0.2, -0.15) is 0 Å². The van der Waals surface area contributed by atoms with E-state index in [0.29, 0.717) is 25.4 Å². The summed E-state index contributed by atoms with van der Waals surface area (Å²) >= 11 is 0. The van der Waals surface area contributed by atoms with Crippen LogP contribution in [0.5, 0.6) is 11.5 Å². The number of carbonyl (C=O) groups excluding carboxylic acids is 1. The Balaban J connectivity index is 1.72. The maximum atomic E-state index is 12.8. The lowest BCUT2D eigenvalue weighted by Crippen LogP contribution is -2.39. The molecule has 0 aliphatic heterocycles. The van der Waals surface area contributed by atoms with E-state index in [9.17, 15) is 9.18 Å². The molecule has 2 rings (SSSR count). The van der Waals surface area contributed by atoms with Crippen LogP contribution < -0.4 is 14.8 Å². The van der Waals surface area contributed by atoms with E-state index in [1.165, 1.54) is 17.0 Å². The van der Waals surface area contributed by atoms with Crippen LogP contribution >= 0.6 is 0 Å². The van der Waals surface area contributed by atoms with Crippen LogP contribution in [0.25, 0.3) is 0 Å². The van der Waals surface area contributed by atoms with E-state index in [-0.39, 0.29) is 11.8 Å². The first-order valence-corrected chi connectivity index (χ1v) is 7.59. The van der Waals surface area contributed by atoms with Gasteiger partial charge in [0.25, 0.3) is 0 Å². The molecule has 0 fully saturated rings. The van der Waals surface area contributed by atoms with Crippen molar-refractivity contribution in [3.05, 3.63) is 59.9 Å². The Morgan fingerprint density at radius 1 is 1.17 bits per heavy atom. The molecule has 0 atom stereocenters. The molecule has 0 unspecified atom stereocenters. The number of urea groups is 1. The second-order valence-electron chi connectivity index (χ2n) is 5.23. The Hall–Kier alpha value is -2.76. The summed E-state index contributed by atoms with van der Waals surface area (Å²) in [7, 11) is 3.29. The number of nitrogens with zero attached hydrogens (tertiary/aromatic N) is 1. The van der Waals surface area contributed by atoms with Gasteiger partial charge in [0.15, 0.2) is 0 Å². The zero-order valence-electron chi connectivity index (χ0n) is 13.8. The highest BCUT2D eigenvalue weighted by molar-refractivity contribution is 5.73. The molecule has 0 spiro atoms. The molecule has 0 saturated heterocycles. The standard InChI is InChI=1S/C18H21FN2O3/c1-21(10-11-24-16-8-6-15(19)7-9-16)18(22)20-13-14-4-3-5-17(12-14)23-2/h3-9,12H,10-11,13H2,1-2H3,(H,20,22). The molecule has 0 heterocycles. The molecule has 0 saturated carbocycles. The van der Waals surface area contributed by atoms with Crippen molar-refractivity contribution in [3.8, 4) is 11.5 Å². The number of amides is 2. The van der Waals surface area contributed by atoms with Crippen LogP contribution in [0, 0.1) is 5.82 Å². The number of halogens is 1. The molecule has 0 aliphatic rings. The molecule has 0 aromatic heterocycles. The number of ether oxygens (including phenoxy) is 2. The zero-order valence-corrected chi connectivity index (χ0v) is 13.8. The predicted molar refractivity (Wildman–Crippen MR) is 89.8 cm³/mol. The van der Waals surface area contributed by atoms with Gasteiger partial charge in [-0.3, -0.25) is 0 Å². The minimum atomic E-state index is -0.309. The molecular formula is C18H21FN2O3. The normalized spacial score (nSPS) is 10.1. The number of nitrogens with one attached hydrogen (secondary N) is 1. The average Bonchev–Trinajstić information content (AvgIpc) is 2.61. The lowest BCUT2D eigenvalue weighted by atomic mass is 10.2. The molecule has 128 valence electrons. The van der Waals surface area contributed by atoms with Crippen LogP contribution in [0.15, 0.2) is 48.5 Å². The third kappa shape index (κ3) is 5.46. The Labute approximate surface area is 141 Å². The number of hydrogen-bond acceptors (Lipinski definition) is 3. The highest BCUT2D eigenvalue weighted by Crippen LogP contribution is 2.12. The monoisotopic (exact) mass is 332 g/mol. The Morgan fingerprint density at radius 2 is 1.92 bits per heavy atom. The number of likely N-dealkylation sites (N-methyl/N-ethyl adjacent to an activating group) is 1. The molecule has 24 heavy (non-hydrogen) atoms. The summed E-state index contributed by atoms with van der Waals surface area (Å²) in [6.45, 7) is 1.16. The minimum absolute atomic E-state index is 0.194. The number of rotatable bonds is 7. The van der Waals surface area contributed by atoms with Crippen molar-refractivity contribution in [2.45, 2.75) is 6.54 Å². The number of carbonyl (C=O) groups is 1. The van der Waals surface area contributed by atoms with Crippen molar-refractivity contribution in [2.24, 2.45) is 0 Å². The van der Waals surface area contributed by atoms with Gasteiger partial charge in [-0.25, -0.2) is 9.18 Å². The van der Waals surface area contributed by atoms with Crippen molar-refractivity contribution in [2.75, 3.05) is 27.3 Å². The van der Waals surface area contributed by atoms with Crippen LogP contribution in [-0.2, 0) is 6.54 Å². The summed E-state index contributed by atoms with van der Waals surface area (Å²) in [6.07, 6.45) is 0. The van der Waals surface area contributed by atoms with Crippen molar-refractivity contribution >= 4 is 6.03 Å². The van der Waals surface area contributed by atoms with Gasteiger partial charge in [0, 0.05) is 13.6 Å². The van der Waals surface area contributed by atoms with Crippen LogP contribution in [0.1, 0.15) is 5.56 Å². The van der Waals surface area contributed by atoms with Crippen molar-refractivity contribution in [1.29, 1.82) is 0 Å². The molecule has 0 bridgehead atoms. The molecule has 2 amide bonds. The maximum Gasteiger partial charge on any atom is 0.317 e. The third-order valence-electron chi connectivity index (χ3n) is 3.43. The van der Waals surface area contributed by atoms with Gasteiger partial charge in [-0.15, -0.1) is 0 Å². The Kier molecular flexibility index (Phi) is 6.42. The largest absolute Gasteiger partial charge is 0.497 e. The lowest BCUT2D eigenvalue weighted by Gasteiger charge is -2.18.